The summed E-state index contributed by atoms with van der Waals surface area (Å²) in [6.45, 7) is 4.44. The fourth-order valence-electron chi connectivity index (χ4n) is 2.36. The molecular weight excluding hydrogens is 230 g/mol. The maximum atomic E-state index is 12.0. The van der Waals surface area contributed by atoms with Gasteiger partial charge in [0.1, 0.15) is 5.69 Å². The fraction of sp³-hybridized carbons (Fsp3) is 0.583. The summed E-state index contributed by atoms with van der Waals surface area (Å²) in [5, 5.41) is 2.99. The van der Waals surface area contributed by atoms with Crippen LogP contribution < -0.4 is 16.6 Å². The lowest BCUT2D eigenvalue weighted by molar-refractivity contribution is 0.0930. The zero-order valence-corrected chi connectivity index (χ0v) is 10.7. The summed E-state index contributed by atoms with van der Waals surface area (Å²) in [5.74, 6) is 5.43. The third-order valence-electron chi connectivity index (χ3n) is 3.32. The van der Waals surface area contributed by atoms with Gasteiger partial charge >= 0.3 is 0 Å². The van der Waals surface area contributed by atoms with Gasteiger partial charge in [-0.25, -0.2) is 10.8 Å². The molecule has 0 spiro atoms. The smallest absolute Gasteiger partial charge is 0.271 e. The lowest BCUT2D eigenvalue weighted by atomic mass is 9.92. The van der Waals surface area contributed by atoms with Crippen molar-refractivity contribution in [3.8, 4) is 0 Å². The molecule has 98 valence electrons. The molecule has 1 aliphatic rings. The van der Waals surface area contributed by atoms with Crippen LogP contribution in [0.2, 0.25) is 0 Å². The molecule has 1 aromatic rings. The van der Waals surface area contributed by atoms with Crippen LogP contribution in [0.15, 0.2) is 12.4 Å². The lowest BCUT2D eigenvalue weighted by Gasteiger charge is -2.17. The Bertz CT molecular complexity index is 446. The topological polar surface area (TPSA) is 92.9 Å². The molecule has 18 heavy (non-hydrogen) atoms. The number of carbonyl (C=O) groups excluding carboxylic acids is 1. The van der Waals surface area contributed by atoms with Gasteiger partial charge in [0, 0.05) is 6.04 Å². The van der Waals surface area contributed by atoms with Crippen LogP contribution in [-0.2, 0) is 0 Å². The maximum Gasteiger partial charge on any atom is 0.271 e. The molecule has 0 bridgehead atoms. The molecule has 0 saturated heterocycles. The minimum Gasteiger partial charge on any atom is -0.348 e. The minimum atomic E-state index is -0.192. The Morgan fingerprint density at radius 1 is 1.50 bits per heavy atom. The Kier molecular flexibility index (Phi) is 3.47. The highest BCUT2D eigenvalue weighted by molar-refractivity contribution is 5.92. The van der Waals surface area contributed by atoms with Gasteiger partial charge in [0.25, 0.3) is 5.91 Å². The SMILES string of the molecule is CC1(C)CCC(NC(=O)c2cncc(NN)n2)C1. The van der Waals surface area contributed by atoms with E-state index in [1.807, 2.05) is 0 Å². The second-order valence-corrected chi connectivity index (χ2v) is 5.51. The van der Waals surface area contributed by atoms with Crippen LogP contribution in [0.1, 0.15) is 43.6 Å². The number of nitrogens with two attached hydrogens (primary N) is 1. The summed E-state index contributed by atoms with van der Waals surface area (Å²) in [4.78, 5) is 20.0. The van der Waals surface area contributed by atoms with Gasteiger partial charge < -0.3 is 10.7 Å². The highest BCUT2D eigenvalue weighted by Gasteiger charge is 2.31. The van der Waals surface area contributed by atoms with Gasteiger partial charge in [0.2, 0.25) is 0 Å². The summed E-state index contributed by atoms with van der Waals surface area (Å²) in [6, 6.07) is 0.226. The standard InChI is InChI=1S/C12H19N5O/c1-12(2)4-3-8(5-12)15-11(18)9-6-14-7-10(16-9)17-13/h6-8H,3-5,13H2,1-2H3,(H,15,18)(H,16,17). The molecule has 1 amide bonds. The van der Waals surface area contributed by atoms with Gasteiger partial charge in [-0.1, -0.05) is 13.8 Å². The normalized spacial score (nSPS) is 21.6. The number of carbonyl (C=O) groups is 1. The molecule has 0 radical (unpaired) electrons. The summed E-state index contributed by atoms with van der Waals surface area (Å²) in [6.07, 6.45) is 6.06. The Morgan fingerprint density at radius 2 is 2.28 bits per heavy atom. The monoisotopic (exact) mass is 249 g/mol. The molecule has 1 aromatic heterocycles. The highest BCUT2D eigenvalue weighted by Crippen LogP contribution is 2.36. The van der Waals surface area contributed by atoms with Crippen molar-refractivity contribution in [2.24, 2.45) is 11.3 Å². The Hall–Kier alpha value is -1.69. The van der Waals surface area contributed by atoms with Crippen LogP contribution in [-0.4, -0.2) is 21.9 Å². The van der Waals surface area contributed by atoms with Crippen LogP contribution in [0.4, 0.5) is 5.82 Å². The van der Waals surface area contributed by atoms with Gasteiger partial charge in [-0.15, -0.1) is 0 Å². The minimum absolute atomic E-state index is 0.192. The van der Waals surface area contributed by atoms with Crippen LogP contribution in [0.5, 0.6) is 0 Å². The fourth-order valence-corrected chi connectivity index (χ4v) is 2.36. The zero-order valence-electron chi connectivity index (χ0n) is 10.7. The number of nitrogens with one attached hydrogen (secondary N) is 2. The Balaban J connectivity index is 1.99. The second kappa shape index (κ2) is 4.89. The Morgan fingerprint density at radius 3 is 2.89 bits per heavy atom. The van der Waals surface area contributed by atoms with Crippen LogP contribution in [0.3, 0.4) is 0 Å². The molecular formula is C12H19N5O. The molecule has 1 atom stereocenters. The number of anilines is 1. The number of hydrogen-bond acceptors (Lipinski definition) is 5. The number of nitrogens with zero attached hydrogens (tertiary/aromatic N) is 2. The molecule has 2 rings (SSSR count). The molecule has 0 aliphatic heterocycles. The van der Waals surface area contributed by atoms with E-state index in [1.165, 1.54) is 12.4 Å². The predicted octanol–water partition coefficient (Wildman–Crippen LogP) is 1.07. The molecule has 0 aromatic carbocycles. The number of aromatic nitrogens is 2. The van der Waals surface area contributed by atoms with E-state index in [0.29, 0.717) is 11.2 Å². The van der Waals surface area contributed by atoms with Crippen molar-refractivity contribution in [2.75, 3.05) is 5.43 Å². The summed E-state index contributed by atoms with van der Waals surface area (Å²) in [7, 11) is 0. The number of hydrogen-bond donors (Lipinski definition) is 3. The quantitative estimate of drug-likeness (QED) is 0.550. The van der Waals surface area contributed by atoms with Crippen molar-refractivity contribution in [3.05, 3.63) is 18.1 Å². The molecule has 6 nitrogen and oxygen atoms in total. The van der Waals surface area contributed by atoms with E-state index in [0.717, 1.165) is 19.3 Å². The third-order valence-corrected chi connectivity index (χ3v) is 3.32. The number of nitrogen functional groups attached to an aromatic ring is 1. The summed E-state index contributed by atoms with van der Waals surface area (Å²) < 4.78 is 0. The average Bonchev–Trinajstić information content (AvgIpc) is 2.68. The van der Waals surface area contributed by atoms with Crippen molar-refractivity contribution in [1.82, 2.24) is 15.3 Å². The summed E-state index contributed by atoms with van der Waals surface area (Å²) >= 11 is 0. The lowest BCUT2D eigenvalue weighted by Crippen LogP contribution is -2.34. The van der Waals surface area contributed by atoms with E-state index in [1.54, 1.807) is 0 Å². The van der Waals surface area contributed by atoms with Gasteiger partial charge in [0.15, 0.2) is 5.82 Å². The average molecular weight is 249 g/mol. The van der Waals surface area contributed by atoms with Crippen molar-refractivity contribution in [2.45, 2.75) is 39.2 Å². The molecule has 1 unspecified atom stereocenters. The predicted molar refractivity (Wildman–Crippen MR) is 68.7 cm³/mol. The van der Waals surface area contributed by atoms with Crippen molar-refractivity contribution < 1.29 is 4.79 Å². The first-order chi connectivity index (χ1) is 8.50. The molecule has 6 heteroatoms. The van der Waals surface area contributed by atoms with E-state index in [9.17, 15) is 4.79 Å². The van der Waals surface area contributed by atoms with Crippen molar-refractivity contribution in [1.29, 1.82) is 0 Å². The van der Waals surface area contributed by atoms with E-state index in [2.05, 4.69) is 34.6 Å². The Labute approximate surface area is 106 Å². The zero-order chi connectivity index (χ0) is 13.2. The molecule has 1 fully saturated rings. The van der Waals surface area contributed by atoms with Crippen LogP contribution >= 0.6 is 0 Å². The highest BCUT2D eigenvalue weighted by atomic mass is 16.1. The maximum absolute atomic E-state index is 12.0. The van der Waals surface area contributed by atoms with Crippen LogP contribution in [0.25, 0.3) is 0 Å². The molecule has 4 N–H and O–H groups in total. The van der Waals surface area contributed by atoms with Crippen LogP contribution in [0, 0.1) is 5.41 Å². The van der Waals surface area contributed by atoms with Crippen molar-refractivity contribution in [3.63, 3.8) is 0 Å². The molecule has 1 saturated carbocycles. The number of hydrazine groups is 1. The third kappa shape index (κ3) is 2.95. The first-order valence-electron chi connectivity index (χ1n) is 6.10. The largest absolute Gasteiger partial charge is 0.348 e. The van der Waals surface area contributed by atoms with E-state index < -0.39 is 0 Å². The second-order valence-electron chi connectivity index (χ2n) is 5.51. The molecule has 1 heterocycles. The summed E-state index contributed by atoms with van der Waals surface area (Å²) in [5.41, 5.74) is 2.97. The van der Waals surface area contributed by atoms with Gasteiger partial charge in [0.05, 0.1) is 12.4 Å². The van der Waals surface area contributed by atoms with Gasteiger partial charge in [-0.3, -0.25) is 9.78 Å². The van der Waals surface area contributed by atoms with E-state index in [-0.39, 0.29) is 17.6 Å². The van der Waals surface area contributed by atoms with Crippen molar-refractivity contribution >= 4 is 11.7 Å². The molecule has 1 aliphatic carbocycles. The van der Waals surface area contributed by atoms with Gasteiger partial charge in [-0.05, 0) is 24.7 Å². The number of rotatable bonds is 3. The first kappa shape index (κ1) is 12.8. The number of amides is 1. The van der Waals surface area contributed by atoms with E-state index >= 15 is 0 Å². The first-order valence-corrected chi connectivity index (χ1v) is 6.10. The van der Waals surface area contributed by atoms with Gasteiger partial charge in [-0.2, -0.15) is 0 Å². The van der Waals surface area contributed by atoms with E-state index in [4.69, 9.17) is 5.84 Å².